The van der Waals surface area contributed by atoms with Crippen molar-refractivity contribution in [2.75, 3.05) is 11.9 Å². The molecule has 2 aromatic carbocycles. The van der Waals surface area contributed by atoms with E-state index in [9.17, 15) is 26.8 Å². The van der Waals surface area contributed by atoms with Crippen LogP contribution in [0.25, 0.3) is 5.82 Å². The fourth-order valence-corrected chi connectivity index (χ4v) is 5.64. The van der Waals surface area contributed by atoms with Gasteiger partial charge in [0.1, 0.15) is 10.3 Å². The van der Waals surface area contributed by atoms with Gasteiger partial charge in [0.2, 0.25) is 9.84 Å². The van der Waals surface area contributed by atoms with Crippen LogP contribution in [0.2, 0.25) is 5.02 Å². The summed E-state index contributed by atoms with van der Waals surface area (Å²) in [4.78, 5) is 29.7. The summed E-state index contributed by atoms with van der Waals surface area (Å²) in [5.74, 6) is -1.61. The topological polar surface area (TPSA) is 123 Å². The molecule has 0 saturated carbocycles. The quantitative estimate of drug-likeness (QED) is 0.250. The molecule has 0 fully saturated rings. The highest BCUT2D eigenvalue weighted by Crippen LogP contribution is 2.30. The second kappa shape index (κ2) is 11.5. The van der Waals surface area contributed by atoms with Crippen LogP contribution in [0.1, 0.15) is 20.8 Å². The Morgan fingerprint density at radius 2 is 1.72 bits per heavy atom. The Labute approximate surface area is 242 Å². The van der Waals surface area contributed by atoms with E-state index in [2.05, 4.69) is 47.3 Å². The minimum Gasteiger partial charge on any atom is -0.345 e. The van der Waals surface area contributed by atoms with Gasteiger partial charge < -0.3 is 10.6 Å². The average molecular weight is 704 g/mol. The highest BCUT2D eigenvalue weighted by atomic mass is 79.9. The number of rotatable bonds is 8. The van der Waals surface area contributed by atoms with Crippen molar-refractivity contribution < 1.29 is 26.8 Å². The zero-order valence-corrected chi connectivity index (χ0v) is 24.2. The van der Waals surface area contributed by atoms with Crippen LogP contribution in [-0.4, -0.2) is 46.8 Å². The number of carbonyl (C=O) groups is 2. The smallest absolute Gasteiger partial charge is 0.345 e. The fraction of sp³-hybridized carbons (Fsp3) is 0.0833. The summed E-state index contributed by atoms with van der Waals surface area (Å²) in [6, 6.07) is 15.1. The zero-order chi connectivity index (χ0) is 28.4. The number of hydrogen-bond donors (Lipinski definition) is 2. The Morgan fingerprint density at radius 3 is 2.41 bits per heavy atom. The number of aromatic nitrogens is 3. The van der Waals surface area contributed by atoms with Crippen molar-refractivity contribution in [1.29, 1.82) is 0 Å². The Morgan fingerprint density at radius 1 is 1.00 bits per heavy atom. The van der Waals surface area contributed by atoms with Gasteiger partial charge in [-0.15, -0.1) is 0 Å². The van der Waals surface area contributed by atoms with Crippen LogP contribution >= 0.6 is 43.5 Å². The lowest BCUT2D eigenvalue weighted by molar-refractivity contribution is 0.0757. The van der Waals surface area contributed by atoms with E-state index >= 15 is 0 Å². The average Bonchev–Trinajstić information content (AvgIpc) is 3.29. The molecule has 39 heavy (non-hydrogen) atoms. The van der Waals surface area contributed by atoms with Crippen LogP contribution in [0.4, 0.5) is 14.5 Å². The molecule has 0 atom stereocenters. The van der Waals surface area contributed by atoms with Crippen molar-refractivity contribution >= 4 is 70.8 Å². The van der Waals surface area contributed by atoms with E-state index in [-0.39, 0.29) is 32.3 Å². The van der Waals surface area contributed by atoms with Crippen LogP contribution in [0, 0.1) is 0 Å². The lowest BCUT2D eigenvalue weighted by Crippen LogP contribution is -2.42. The van der Waals surface area contributed by atoms with E-state index < -0.39 is 38.3 Å². The van der Waals surface area contributed by atoms with Crippen LogP contribution in [0.3, 0.4) is 0 Å². The number of carbonyl (C=O) groups excluding carboxylic acids is 2. The van der Waals surface area contributed by atoms with Crippen molar-refractivity contribution in [2.24, 2.45) is 0 Å². The number of benzene rings is 2. The van der Waals surface area contributed by atoms with Crippen LogP contribution in [0.15, 0.2) is 86.9 Å². The summed E-state index contributed by atoms with van der Waals surface area (Å²) < 4.78 is 55.9. The molecule has 0 bridgehead atoms. The van der Waals surface area contributed by atoms with E-state index in [0.717, 1.165) is 12.1 Å². The number of anilines is 1. The molecular formula is C24H16Br2ClF2N5O4S. The van der Waals surface area contributed by atoms with Gasteiger partial charge in [-0.05, 0) is 68.3 Å². The first-order valence-electron chi connectivity index (χ1n) is 10.8. The van der Waals surface area contributed by atoms with Crippen LogP contribution in [0.5, 0.6) is 0 Å². The van der Waals surface area contributed by atoms with E-state index in [1.165, 1.54) is 53.3 Å². The maximum absolute atomic E-state index is 14.7. The van der Waals surface area contributed by atoms with Gasteiger partial charge in [0, 0.05) is 16.7 Å². The molecule has 0 saturated heterocycles. The van der Waals surface area contributed by atoms with E-state index in [1.54, 1.807) is 12.1 Å². The Hall–Kier alpha value is -3.20. The highest BCUT2D eigenvalue weighted by Gasteiger charge is 2.46. The summed E-state index contributed by atoms with van der Waals surface area (Å²) in [6.07, 6.45) is 1.46. The first kappa shape index (κ1) is 28.8. The van der Waals surface area contributed by atoms with Gasteiger partial charge in [-0.2, -0.15) is 13.9 Å². The number of halogens is 5. The molecule has 2 aromatic heterocycles. The minimum atomic E-state index is -5.08. The zero-order valence-electron chi connectivity index (χ0n) is 19.4. The predicted molar refractivity (Wildman–Crippen MR) is 147 cm³/mol. The molecule has 0 unspecified atom stereocenters. The summed E-state index contributed by atoms with van der Waals surface area (Å²) in [5, 5.41) is 4.60. The fourth-order valence-electron chi connectivity index (χ4n) is 3.39. The molecule has 202 valence electrons. The summed E-state index contributed by atoms with van der Waals surface area (Å²) in [5.41, 5.74) is -0.258. The molecule has 0 aliphatic heterocycles. The number of sulfone groups is 1. The van der Waals surface area contributed by atoms with E-state index in [0.29, 0.717) is 4.60 Å². The molecule has 0 spiro atoms. The van der Waals surface area contributed by atoms with E-state index in [1.807, 2.05) is 5.32 Å². The third kappa shape index (κ3) is 6.03. The maximum Gasteiger partial charge on any atom is 0.366 e. The molecule has 4 rings (SSSR count). The number of nitrogens with zero attached hydrogens (tertiary/aromatic N) is 3. The third-order valence-corrected chi connectivity index (χ3v) is 8.41. The molecule has 15 heteroatoms. The third-order valence-electron chi connectivity index (χ3n) is 5.24. The number of alkyl halides is 2. The molecule has 9 nitrogen and oxygen atoms in total. The predicted octanol–water partition coefficient (Wildman–Crippen LogP) is 5.49. The molecule has 0 aliphatic carbocycles. The molecule has 2 N–H and O–H groups in total. The minimum absolute atomic E-state index is 0.00528. The van der Waals surface area contributed by atoms with Crippen LogP contribution < -0.4 is 10.6 Å². The first-order valence-corrected chi connectivity index (χ1v) is 14.3. The van der Waals surface area contributed by atoms with Gasteiger partial charge >= 0.3 is 5.25 Å². The molecule has 0 radical (unpaired) electrons. The van der Waals surface area contributed by atoms with Crippen molar-refractivity contribution in [2.45, 2.75) is 10.2 Å². The van der Waals surface area contributed by atoms with E-state index in [4.69, 9.17) is 11.6 Å². The highest BCUT2D eigenvalue weighted by molar-refractivity contribution is 9.10. The Bertz CT molecular complexity index is 1670. The largest absolute Gasteiger partial charge is 0.366 e. The van der Waals surface area contributed by atoms with Crippen LogP contribution in [-0.2, 0) is 9.84 Å². The van der Waals surface area contributed by atoms with Gasteiger partial charge in [0.05, 0.1) is 27.7 Å². The summed E-state index contributed by atoms with van der Waals surface area (Å²) in [7, 11) is -5.08. The number of hydrogen-bond acceptors (Lipinski definition) is 6. The Kier molecular flexibility index (Phi) is 8.49. The first-order chi connectivity index (χ1) is 18.4. The van der Waals surface area contributed by atoms with Crippen molar-refractivity contribution in [3.05, 3.63) is 98.3 Å². The second-order valence-corrected chi connectivity index (χ2v) is 12.0. The number of nitrogens with one attached hydrogen (secondary N) is 2. The normalized spacial score (nSPS) is 11.7. The lowest BCUT2D eigenvalue weighted by atomic mass is 10.1. The summed E-state index contributed by atoms with van der Waals surface area (Å²) in [6.45, 7) is -1.50. The second-order valence-electron chi connectivity index (χ2n) is 7.83. The van der Waals surface area contributed by atoms with Gasteiger partial charge in [-0.1, -0.05) is 35.9 Å². The van der Waals surface area contributed by atoms with Gasteiger partial charge in [0.15, 0.2) is 5.82 Å². The lowest BCUT2D eigenvalue weighted by Gasteiger charge is -2.19. The van der Waals surface area contributed by atoms with Gasteiger partial charge in [-0.25, -0.2) is 18.1 Å². The molecule has 0 aliphatic rings. The standard InChI is InChI=1S/C24H16Br2ClF2N5O4S/c25-15-8-4-10-17(32-22(35)18-12-19(26)33-34(18)21-16(27)9-5-11-30-21)20(15)23(36)31-13-24(28,29)39(37,38)14-6-2-1-3-7-14/h1-12H,13H2,(H,31,36)(H,32,35). The van der Waals surface area contributed by atoms with Crippen molar-refractivity contribution in [1.82, 2.24) is 20.1 Å². The molecule has 4 aromatic rings. The summed E-state index contributed by atoms with van der Waals surface area (Å²) >= 11 is 12.6. The molecular weight excluding hydrogens is 688 g/mol. The van der Waals surface area contributed by atoms with Crippen molar-refractivity contribution in [3.63, 3.8) is 0 Å². The Balaban J connectivity index is 1.58. The van der Waals surface area contributed by atoms with Crippen molar-refractivity contribution in [3.8, 4) is 5.82 Å². The number of pyridine rings is 1. The van der Waals surface area contributed by atoms with Gasteiger partial charge in [0.25, 0.3) is 11.8 Å². The monoisotopic (exact) mass is 701 g/mol. The SMILES string of the molecule is O=C(NCC(F)(F)S(=O)(=O)c1ccccc1)c1c(Br)cccc1NC(=O)c1cc(Br)nn1-c1ncccc1Cl. The molecule has 2 heterocycles. The number of amides is 2. The molecule has 2 amide bonds. The maximum atomic E-state index is 14.7. The van der Waals surface area contributed by atoms with Gasteiger partial charge in [-0.3, -0.25) is 9.59 Å².